The van der Waals surface area contributed by atoms with Gasteiger partial charge in [0.15, 0.2) is 5.79 Å². The number of methoxy groups -OCH3 is 2. The van der Waals surface area contributed by atoms with Gasteiger partial charge in [0, 0.05) is 23.2 Å². The average Bonchev–Trinajstić information content (AvgIpc) is 4.07. The van der Waals surface area contributed by atoms with E-state index in [1.165, 1.54) is 14.2 Å². The molecule has 5 heterocycles. The number of aromatic nitrogens is 4. The first-order chi connectivity index (χ1) is 32.4. The monoisotopic (exact) mass is 904 g/mol. The van der Waals surface area contributed by atoms with Crippen LogP contribution in [0.25, 0.3) is 54.7 Å². The summed E-state index contributed by atoms with van der Waals surface area (Å²) in [6.07, 6.45) is -0.166. The largest absolute Gasteiger partial charge is 0.453 e. The van der Waals surface area contributed by atoms with Crippen molar-refractivity contribution in [3.63, 3.8) is 0 Å². The summed E-state index contributed by atoms with van der Waals surface area (Å²) in [6, 6.07) is 27.8. The minimum absolute atomic E-state index is 0.0623. The van der Waals surface area contributed by atoms with Gasteiger partial charge in [-0.2, -0.15) is 0 Å². The smallest absolute Gasteiger partial charge is 0.407 e. The zero-order valence-corrected chi connectivity index (χ0v) is 37.9. The van der Waals surface area contributed by atoms with Crippen molar-refractivity contribution in [3.05, 3.63) is 108 Å². The standard InChI is InChI=1S/C51H52N8O8/c1-26(2)40(56-49(62)64-4)47(60)58-25-51(66-19-20-67-51)24-39(58)46-53-37-18-14-32-22-30(12-16-34(32)43(37)55-46)29-11-15-33-31(21-29)13-17-36-42(33)54-45(52-36)38-23-35-27(3)44(35)59(38)48(61)41(57-50(63)65-5)28-9-7-6-8-10-28/h6-18,21-22,26-27,35,38-41,44H,19-20,23-25H2,1-5H3,(H,52,54)(H,53,55)(H,56,62)(H,57,63)/t27-,35?,38+,39+,40?,41-,44?/m1/s1. The zero-order chi connectivity index (χ0) is 46.3. The Morgan fingerprint density at radius 2 is 1.33 bits per heavy atom. The van der Waals surface area contributed by atoms with Crippen LogP contribution in [0.15, 0.2) is 91.0 Å². The number of benzene rings is 5. The first-order valence-electron chi connectivity index (χ1n) is 22.9. The molecule has 0 bridgehead atoms. The number of alkyl carbamates (subject to hydrolysis) is 2. The number of rotatable bonds is 9. The fourth-order valence-electron chi connectivity index (χ4n) is 10.9. The molecule has 1 spiro atoms. The third-order valence-electron chi connectivity index (χ3n) is 14.5. The highest BCUT2D eigenvalue weighted by atomic mass is 16.7. The van der Waals surface area contributed by atoms with Crippen LogP contribution in [0.5, 0.6) is 0 Å². The normalized spacial score (nSPS) is 22.7. The van der Waals surface area contributed by atoms with E-state index < -0.39 is 36.1 Å². The fraction of sp³-hybridized carbons (Fsp3) is 0.373. The second-order valence-corrected chi connectivity index (χ2v) is 18.7. The third-order valence-corrected chi connectivity index (χ3v) is 14.5. The third kappa shape index (κ3) is 7.29. The van der Waals surface area contributed by atoms with Gasteiger partial charge in [-0.15, -0.1) is 0 Å². The molecule has 3 unspecified atom stereocenters. The molecule has 5 aromatic carbocycles. The molecular formula is C51H52N8O8. The molecule has 4 aliphatic rings. The Morgan fingerprint density at radius 3 is 1.91 bits per heavy atom. The Balaban J connectivity index is 0.878. The van der Waals surface area contributed by atoms with E-state index in [9.17, 15) is 19.2 Å². The first-order valence-corrected chi connectivity index (χ1v) is 22.9. The number of carbonyl (C=O) groups excluding carboxylic acids is 4. The summed E-state index contributed by atoms with van der Waals surface area (Å²) in [4.78, 5) is 74.5. The summed E-state index contributed by atoms with van der Waals surface area (Å²) in [6.45, 7) is 7.00. The maximum Gasteiger partial charge on any atom is 0.407 e. The molecule has 344 valence electrons. The second kappa shape index (κ2) is 16.4. The summed E-state index contributed by atoms with van der Waals surface area (Å²) in [5, 5.41) is 9.51. The van der Waals surface area contributed by atoms with Crippen LogP contribution in [0, 0.1) is 17.8 Å². The molecule has 0 radical (unpaired) electrons. The van der Waals surface area contributed by atoms with E-state index in [4.69, 9.17) is 28.9 Å². The summed E-state index contributed by atoms with van der Waals surface area (Å²) >= 11 is 0. The first kappa shape index (κ1) is 42.6. The van der Waals surface area contributed by atoms with Gasteiger partial charge in [0.1, 0.15) is 23.7 Å². The number of aromatic amines is 2. The molecule has 7 atom stereocenters. The van der Waals surface area contributed by atoms with E-state index in [-0.39, 0.29) is 36.4 Å². The van der Waals surface area contributed by atoms with Crippen LogP contribution >= 0.6 is 0 Å². The minimum atomic E-state index is -0.955. The molecule has 3 saturated heterocycles. The lowest BCUT2D eigenvalue weighted by atomic mass is 9.98. The van der Waals surface area contributed by atoms with Crippen molar-refractivity contribution in [1.29, 1.82) is 0 Å². The van der Waals surface area contributed by atoms with Crippen molar-refractivity contribution in [2.24, 2.45) is 17.8 Å². The van der Waals surface area contributed by atoms with Crippen molar-refractivity contribution in [2.45, 2.75) is 69.6 Å². The van der Waals surface area contributed by atoms with Gasteiger partial charge in [-0.05, 0) is 75.9 Å². The lowest BCUT2D eigenvalue weighted by molar-refractivity contribution is -0.153. The summed E-state index contributed by atoms with van der Waals surface area (Å²) in [5.74, 6) is 0.452. The maximum atomic E-state index is 14.5. The molecule has 2 aromatic heterocycles. The Morgan fingerprint density at radius 1 is 0.746 bits per heavy atom. The molecule has 1 saturated carbocycles. The van der Waals surface area contributed by atoms with E-state index >= 15 is 0 Å². The quantitative estimate of drug-likeness (QED) is 0.111. The van der Waals surface area contributed by atoms with E-state index in [2.05, 4.69) is 76.1 Å². The number of fused-ring (bicyclic) bond motifs is 7. The van der Waals surface area contributed by atoms with Crippen LogP contribution in [0.2, 0.25) is 0 Å². The zero-order valence-electron chi connectivity index (χ0n) is 37.9. The van der Waals surface area contributed by atoms with Crippen LogP contribution in [-0.4, -0.2) is 106 Å². The van der Waals surface area contributed by atoms with E-state index in [1.807, 2.05) is 61.2 Å². The molecule has 11 rings (SSSR count). The Bertz CT molecular complexity index is 3110. The number of piperidine rings is 1. The van der Waals surface area contributed by atoms with Gasteiger partial charge < -0.3 is 49.3 Å². The maximum absolute atomic E-state index is 14.5. The number of nitrogens with zero attached hydrogens (tertiary/aromatic N) is 4. The van der Waals surface area contributed by atoms with Crippen molar-refractivity contribution >= 4 is 67.6 Å². The number of imidazole rings is 2. The van der Waals surface area contributed by atoms with Gasteiger partial charge in [-0.3, -0.25) is 9.59 Å². The summed E-state index contributed by atoms with van der Waals surface area (Å²) in [7, 11) is 2.57. The molecule has 4 amide bonds. The molecule has 67 heavy (non-hydrogen) atoms. The number of likely N-dealkylation sites (tertiary alicyclic amines) is 2. The Kier molecular flexibility index (Phi) is 10.4. The number of amides is 4. The Hall–Kier alpha value is -7.04. The predicted octanol–water partition coefficient (Wildman–Crippen LogP) is 7.81. The highest BCUT2D eigenvalue weighted by Gasteiger charge is 2.61. The number of carbonyl (C=O) groups is 4. The van der Waals surface area contributed by atoms with Gasteiger partial charge in [0.25, 0.3) is 5.91 Å². The summed E-state index contributed by atoms with van der Waals surface area (Å²) < 4.78 is 22.0. The van der Waals surface area contributed by atoms with Crippen LogP contribution in [0.1, 0.15) is 69.0 Å². The Labute approximate surface area is 385 Å². The van der Waals surface area contributed by atoms with E-state index in [0.29, 0.717) is 42.9 Å². The highest BCUT2D eigenvalue weighted by Crippen LogP contribution is 2.58. The van der Waals surface area contributed by atoms with Crippen LogP contribution < -0.4 is 10.6 Å². The topological polar surface area (TPSA) is 193 Å². The van der Waals surface area contributed by atoms with E-state index in [0.717, 1.165) is 67.0 Å². The van der Waals surface area contributed by atoms with E-state index in [1.54, 1.807) is 4.90 Å². The number of H-pyrrole nitrogens is 2. The fourth-order valence-corrected chi connectivity index (χ4v) is 10.9. The highest BCUT2D eigenvalue weighted by molar-refractivity contribution is 6.07. The molecule has 4 N–H and O–H groups in total. The molecular weight excluding hydrogens is 853 g/mol. The van der Waals surface area contributed by atoms with Gasteiger partial charge in [0.2, 0.25) is 5.91 Å². The van der Waals surface area contributed by atoms with Crippen LogP contribution in [0.3, 0.4) is 0 Å². The lowest BCUT2D eigenvalue weighted by Crippen LogP contribution is -2.52. The number of hydrogen-bond donors (Lipinski definition) is 4. The number of hydrogen-bond acceptors (Lipinski definition) is 10. The van der Waals surface area contributed by atoms with Crippen molar-refractivity contribution in [1.82, 2.24) is 40.4 Å². The number of ether oxygens (including phenoxy) is 4. The van der Waals surface area contributed by atoms with Crippen LogP contribution in [-0.2, 0) is 28.5 Å². The molecule has 16 heteroatoms. The molecule has 1 aliphatic carbocycles. The molecule has 7 aromatic rings. The van der Waals surface area contributed by atoms with Gasteiger partial charge in [-0.25, -0.2) is 19.6 Å². The van der Waals surface area contributed by atoms with Gasteiger partial charge >= 0.3 is 12.2 Å². The van der Waals surface area contributed by atoms with Crippen molar-refractivity contribution in [2.75, 3.05) is 34.0 Å². The molecule has 16 nitrogen and oxygen atoms in total. The molecule has 4 fully saturated rings. The SMILES string of the molecule is COC(=O)NC(C(=O)N1CC2(C[C@H]1c1nc3c(ccc4cc(-c5ccc6c(ccc7[nH]c([C@@H]8CC9C([C@@H]9C)N8C(=O)[C@H](NC(=O)OC)c8ccccc8)nc76)c5)ccc43)[nH]1)OCCO2)C(C)C. The van der Waals surface area contributed by atoms with Gasteiger partial charge in [-0.1, -0.05) is 87.5 Å². The minimum Gasteiger partial charge on any atom is -0.453 e. The number of nitrogens with one attached hydrogen (secondary N) is 4. The van der Waals surface area contributed by atoms with Gasteiger partial charge in [0.05, 0.1) is 68.1 Å². The lowest BCUT2D eigenvalue weighted by Gasteiger charge is -2.31. The second-order valence-electron chi connectivity index (χ2n) is 18.7. The predicted molar refractivity (Wildman–Crippen MR) is 249 cm³/mol. The molecule has 3 aliphatic heterocycles. The average molecular weight is 905 g/mol. The van der Waals surface area contributed by atoms with Crippen molar-refractivity contribution < 1.29 is 38.1 Å². The summed E-state index contributed by atoms with van der Waals surface area (Å²) in [5.41, 5.74) is 6.11. The van der Waals surface area contributed by atoms with Crippen molar-refractivity contribution in [3.8, 4) is 11.1 Å². The van der Waals surface area contributed by atoms with Crippen LogP contribution in [0.4, 0.5) is 9.59 Å².